The number of hydrogen-bond acceptors (Lipinski definition) is 5. The van der Waals surface area contributed by atoms with Crippen molar-refractivity contribution in [1.82, 2.24) is 0 Å². The molecule has 1 fully saturated rings. The van der Waals surface area contributed by atoms with Crippen LogP contribution in [0.2, 0.25) is 10.0 Å². The summed E-state index contributed by atoms with van der Waals surface area (Å²) < 4.78 is 10.3. The Morgan fingerprint density at radius 3 is 2.41 bits per heavy atom. The predicted octanol–water partition coefficient (Wildman–Crippen LogP) is 3.87. The molecular weight excluding hydrogens is 391 g/mol. The number of rotatable bonds is 4. The summed E-state index contributed by atoms with van der Waals surface area (Å²) in [6.07, 6.45) is 0. The number of carbonyl (C=O) groups is 2. The van der Waals surface area contributed by atoms with E-state index in [2.05, 4.69) is 5.32 Å². The largest absolute Gasteiger partial charge is 0.465 e. The van der Waals surface area contributed by atoms with E-state index in [1.54, 1.807) is 36.4 Å². The number of carbonyl (C=O) groups excluding carboxylic acids is 2. The van der Waals surface area contributed by atoms with E-state index in [-0.39, 0.29) is 15.6 Å². The molecule has 0 bridgehead atoms. The van der Waals surface area contributed by atoms with E-state index < -0.39 is 11.9 Å². The van der Waals surface area contributed by atoms with E-state index in [4.69, 9.17) is 32.7 Å². The Bertz CT molecular complexity index is 847. The first-order valence-corrected chi connectivity index (χ1v) is 9.07. The first-order chi connectivity index (χ1) is 13.0. The van der Waals surface area contributed by atoms with Crippen LogP contribution in [0.3, 0.4) is 0 Å². The monoisotopic (exact) mass is 408 g/mol. The third-order valence-electron chi connectivity index (χ3n) is 4.20. The zero-order valence-electron chi connectivity index (χ0n) is 14.6. The Morgan fingerprint density at radius 2 is 1.78 bits per heavy atom. The van der Waals surface area contributed by atoms with Gasteiger partial charge in [-0.05, 0) is 30.3 Å². The van der Waals surface area contributed by atoms with Crippen LogP contribution in [-0.2, 0) is 9.47 Å². The number of methoxy groups -OCH3 is 1. The van der Waals surface area contributed by atoms with Gasteiger partial charge in [-0.3, -0.25) is 4.79 Å². The maximum absolute atomic E-state index is 12.6. The molecule has 1 heterocycles. The summed E-state index contributed by atoms with van der Waals surface area (Å²) in [5.74, 6) is -0.941. The highest BCUT2D eigenvalue weighted by molar-refractivity contribution is 6.40. The summed E-state index contributed by atoms with van der Waals surface area (Å²) in [6, 6.07) is 9.92. The lowest BCUT2D eigenvalue weighted by Crippen LogP contribution is -2.37. The average Bonchev–Trinajstić information content (AvgIpc) is 2.68. The lowest BCUT2D eigenvalue weighted by atomic mass is 10.1. The van der Waals surface area contributed by atoms with Crippen LogP contribution in [0.15, 0.2) is 36.4 Å². The lowest BCUT2D eigenvalue weighted by Gasteiger charge is -2.30. The van der Waals surface area contributed by atoms with Crippen molar-refractivity contribution in [2.75, 3.05) is 43.6 Å². The van der Waals surface area contributed by atoms with Crippen LogP contribution in [0.1, 0.15) is 20.7 Å². The van der Waals surface area contributed by atoms with Crippen LogP contribution < -0.4 is 10.2 Å². The number of amides is 1. The van der Waals surface area contributed by atoms with Crippen molar-refractivity contribution in [1.29, 1.82) is 0 Å². The molecule has 1 aliphatic rings. The molecule has 0 aliphatic carbocycles. The van der Waals surface area contributed by atoms with E-state index in [0.29, 0.717) is 37.6 Å². The molecule has 8 heteroatoms. The van der Waals surface area contributed by atoms with Gasteiger partial charge in [0.25, 0.3) is 5.91 Å². The normalized spacial score (nSPS) is 14.0. The minimum absolute atomic E-state index is 0.178. The van der Waals surface area contributed by atoms with Crippen molar-refractivity contribution in [3.63, 3.8) is 0 Å². The predicted molar refractivity (Wildman–Crippen MR) is 105 cm³/mol. The van der Waals surface area contributed by atoms with Crippen LogP contribution >= 0.6 is 23.2 Å². The van der Waals surface area contributed by atoms with E-state index in [1.807, 2.05) is 4.90 Å². The Kier molecular flexibility index (Phi) is 6.21. The molecule has 2 aromatic carbocycles. The highest BCUT2D eigenvalue weighted by Crippen LogP contribution is 2.28. The van der Waals surface area contributed by atoms with E-state index >= 15 is 0 Å². The second-order valence-electron chi connectivity index (χ2n) is 5.87. The van der Waals surface area contributed by atoms with Gasteiger partial charge >= 0.3 is 5.97 Å². The number of halogens is 2. The van der Waals surface area contributed by atoms with Crippen LogP contribution in [-0.4, -0.2) is 45.3 Å². The number of ether oxygens (including phenoxy) is 2. The summed E-state index contributed by atoms with van der Waals surface area (Å²) in [5.41, 5.74) is 1.72. The molecule has 1 aliphatic heterocycles. The lowest BCUT2D eigenvalue weighted by molar-refractivity contribution is 0.0600. The fourth-order valence-electron chi connectivity index (χ4n) is 2.88. The minimum Gasteiger partial charge on any atom is -0.465 e. The first-order valence-electron chi connectivity index (χ1n) is 8.31. The minimum atomic E-state index is -0.483. The number of benzene rings is 2. The molecule has 0 spiro atoms. The zero-order chi connectivity index (χ0) is 19.4. The summed E-state index contributed by atoms with van der Waals surface area (Å²) in [5, 5.41) is 3.23. The molecule has 0 unspecified atom stereocenters. The highest BCUT2D eigenvalue weighted by atomic mass is 35.5. The number of nitrogens with one attached hydrogen (secondary N) is 1. The van der Waals surface area contributed by atoms with Crippen LogP contribution in [0, 0.1) is 0 Å². The second kappa shape index (κ2) is 8.61. The fraction of sp³-hybridized carbons (Fsp3) is 0.263. The summed E-state index contributed by atoms with van der Waals surface area (Å²) in [6.45, 7) is 2.52. The van der Waals surface area contributed by atoms with Crippen molar-refractivity contribution in [3.8, 4) is 0 Å². The van der Waals surface area contributed by atoms with Crippen molar-refractivity contribution in [2.24, 2.45) is 0 Å². The van der Waals surface area contributed by atoms with Gasteiger partial charge < -0.3 is 19.7 Å². The van der Waals surface area contributed by atoms with Gasteiger partial charge in [-0.25, -0.2) is 4.79 Å². The van der Waals surface area contributed by atoms with Gasteiger partial charge in [0.2, 0.25) is 0 Å². The third-order valence-corrected chi connectivity index (χ3v) is 4.83. The zero-order valence-corrected chi connectivity index (χ0v) is 16.1. The molecule has 1 saturated heterocycles. The average molecular weight is 409 g/mol. The summed E-state index contributed by atoms with van der Waals surface area (Å²) in [4.78, 5) is 26.9. The van der Waals surface area contributed by atoms with Gasteiger partial charge in [0.15, 0.2) is 0 Å². The Labute approximate surface area is 167 Å². The van der Waals surface area contributed by atoms with Crippen molar-refractivity contribution in [3.05, 3.63) is 57.6 Å². The number of anilines is 2. The second-order valence-corrected chi connectivity index (χ2v) is 6.69. The Morgan fingerprint density at radius 1 is 1.11 bits per heavy atom. The van der Waals surface area contributed by atoms with Crippen molar-refractivity contribution in [2.45, 2.75) is 0 Å². The molecule has 1 N–H and O–H groups in total. The van der Waals surface area contributed by atoms with Crippen molar-refractivity contribution < 1.29 is 19.1 Å². The maximum atomic E-state index is 12.6. The number of nitrogens with zero attached hydrogens (tertiary/aromatic N) is 1. The molecule has 27 heavy (non-hydrogen) atoms. The van der Waals surface area contributed by atoms with Gasteiger partial charge in [-0.1, -0.05) is 29.3 Å². The van der Waals surface area contributed by atoms with Crippen molar-refractivity contribution >= 4 is 46.5 Å². The molecule has 0 radical (unpaired) electrons. The smallest absolute Gasteiger partial charge is 0.340 e. The van der Waals surface area contributed by atoms with Crippen LogP contribution in [0.25, 0.3) is 0 Å². The van der Waals surface area contributed by atoms with Gasteiger partial charge in [0.1, 0.15) is 0 Å². The number of morpholine rings is 1. The standard InChI is InChI=1S/C19H18Cl2N2O4/c1-26-19(25)13-11-12(5-6-16(13)23-7-9-27-10-8-23)22-18(24)17-14(20)3-2-4-15(17)21/h2-6,11H,7-10H2,1H3,(H,22,24). The molecule has 0 saturated carbocycles. The molecule has 3 rings (SSSR count). The quantitative estimate of drug-likeness (QED) is 0.777. The third kappa shape index (κ3) is 4.35. The van der Waals surface area contributed by atoms with Crippen LogP contribution in [0.5, 0.6) is 0 Å². The Balaban J connectivity index is 1.90. The molecular formula is C19H18Cl2N2O4. The summed E-state index contributed by atoms with van der Waals surface area (Å²) >= 11 is 12.2. The molecule has 2 aromatic rings. The SMILES string of the molecule is COC(=O)c1cc(NC(=O)c2c(Cl)cccc2Cl)ccc1N1CCOCC1. The van der Waals surface area contributed by atoms with E-state index in [9.17, 15) is 9.59 Å². The summed E-state index contributed by atoms with van der Waals surface area (Å²) in [7, 11) is 1.32. The van der Waals surface area contributed by atoms with Gasteiger partial charge in [0.05, 0.1) is 47.2 Å². The van der Waals surface area contributed by atoms with E-state index in [0.717, 1.165) is 5.69 Å². The van der Waals surface area contributed by atoms with Crippen LogP contribution in [0.4, 0.5) is 11.4 Å². The molecule has 142 valence electrons. The fourth-order valence-corrected chi connectivity index (χ4v) is 3.44. The highest BCUT2D eigenvalue weighted by Gasteiger charge is 2.21. The molecule has 6 nitrogen and oxygen atoms in total. The topological polar surface area (TPSA) is 67.9 Å². The Hall–Kier alpha value is -2.28. The maximum Gasteiger partial charge on any atom is 0.340 e. The van der Waals surface area contributed by atoms with Gasteiger partial charge in [0, 0.05) is 18.8 Å². The van der Waals surface area contributed by atoms with Gasteiger partial charge in [-0.2, -0.15) is 0 Å². The molecule has 0 atom stereocenters. The molecule has 0 aromatic heterocycles. The molecule has 1 amide bonds. The number of hydrogen-bond donors (Lipinski definition) is 1. The first kappa shape index (κ1) is 19.5. The number of esters is 1. The van der Waals surface area contributed by atoms with Gasteiger partial charge in [-0.15, -0.1) is 0 Å². The van der Waals surface area contributed by atoms with E-state index in [1.165, 1.54) is 7.11 Å².